The lowest BCUT2D eigenvalue weighted by molar-refractivity contribution is 0.175. The molecule has 1 radical (unpaired) electrons. The third-order valence-electron chi connectivity index (χ3n) is 1.21. The quantitative estimate of drug-likeness (QED) is 0.336. The molecule has 0 unspecified atom stereocenters. The molecule has 0 amide bonds. The number of nitrogen functional groups attached to an aromatic ring is 1. The van der Waals surface area contributed by atoms with Crippen LogP contribution in [0.4, 0.5) is 5.13 Å². The van der Waals surface area contributed by atoms with Crippen molar-refractivity contribution in [1.82, 2.24) is 4.98 Å². The molecule has 0 saturated carbocycles. The van der Waals surface area contributed by atoms with Crippen LogP contribution in [-0.4, -0.2) is 23.6 Å². The molecule has 1 aromatic rings. The van der Waals surface area contributed by atoms with Crippen molar-refractivity contribution in [3.05, 3.63) is 23.7 Å². The van der Waals surface area contributed by atoms with E-state index < -0.39 is 0 Å². The predicted molar refractivity (Wildman–Crippen MR) is 54.9 cm³/mol. The van der Waals surface area contributed by atoms with E-state index in [0.29, 0.717) is 10.8 Å². The standard InChI is InChI=1S/C8H8N3O2S/c1-2-3-13-11-6(4-12)7-5-14-8(9)10-7/h2,5H,1,3H2,(H2,9,10). The Kier molecular flexibility index (Phi) is 3.81. The Bertz CT molecular complexity index is 359. The Morgan fingerprint density at radius 2 is 2.71 bits per heavy atom. The Labute approximate surface area is 84.9 Å². The van der Waals surface area contributed by atoms with Gasteiger partial charge in [-0.05, 0) is 0 Å². The summed E-state index contributed by atoms with van der Waals surface area (Å²) in [6.45, 7) is 3.66. The first kappa shape index (κ1) is 10.4. The van der Waals surface area contributed by atoms with Crippen molar-refractivity contribution in [3.63, 3.8) is 0 Å². The molecule has 0 aliphatic heterocycles. The molecule has 0 saturated heterocycles. The minimum Gasteiger partial charge on any atom is -0.391 e. The van der Waals surface area contributed by atoms with Crippen LogP contribution in [0.1, 0.15) is 5.69 Å². The molecule has 0 spiro atoms. The highest BCUT2D eigenvalue weighted by Crippen LogP contribution is 2.11. The molecule has 1 heterocycles. The van der Waals surface area contributed by atoms with Gasteiger partial charge < -0.3 is 10.6 Å². The molecule has 2 N–H and O–H groups in total. The lowest BCUT2D eigenvalue weighted by Crippen LogP contribution is -2.04. The second kappa shape index (κ2) is 5.13. The summed E-state index contributed by atoms with van der Waals surface area (Å²) in [6, 6.07) is 0. The van der Waals surface area contributed by atoms with E-state index in [2.05, 4.69) is 16.7 Å². The number of hydrogen-bond donors (Lipinski definition) is 1. The minimum absolute atomic E-state index is 0.000185. The molecule has 0 atom stereocenters. The molecule has 0 aromatic carbocycles. The van der Waals surface area contributed by atoms with Crippen LogP contribution in [0.3, 0.4) is 0 Å². The second-order valence-corrected chi connectivity index (χ2v) is 3.09. The van der Waals surface area contributed by atoms with Crippen molar-refractivity contribution >= 4 is 28.5 Å². The highest BCUT2D eigenvalue weighted by Gasteiger charge is 2.08. The summed E-state index contributed by atoms with van der Waals surface area (Å²) in [6.07, 6.45) is 3.14. The van der Waals surface area contributed by atoms with E-state index in [1.165, 1.54) is 17.4 Å². The zero-order valence-electron chi connectivity index (χ0n) is 7.27. The van der Waals surface area contributed by atoms with E-state index in [-0.39, 0.29) is 12.3 Å². The normalized spacial score (nSPS) is 11.0. The van der Waals surface area contributed by atoms with Crippen LogP contribution in [-0.2, 0) is 9.63 Å². The van der Waals surface area contributed by atoms with Gasteiger partial charge in [0, 0.05) is 5.38 Å². The van der Waals surface area contributed by atoms with E-state index in [4.69, 9.17) is 10.6 Å². The summed E-state index contributed by atoms with van der Waals surface area (Å²) < 4.78 is 0. The molecule has 1 rings (SSSR count). The van der Waals surface area contributed by atoms with Gasteiger partial charge in [-0.1, -0.05) is 17.8 Å². The summed E-state index contributed by atoms with van der Waals surface area (Å²) in [5.74, 6) is 0. The molecule has 0 fully saturated rings. The first-order valence-electron chi connectivity index (χ1n) is 3.68. The zero-order chi connectivity index (χ0) is 10.4. The number of rotatable bonds is 5. The van der Waals surface area contributed by atoms with Gasteiger partial charge in [0.1, 0.15) is 12.3 Å². The van der Waals surface area contributed by atoms with Gasteiger partial charge in [0.15, 0.2) is 10.8 Å². The van der Waals surface area contributed by atoms with Crippen molar-refractivity contribution in [2.75, 3.05) is 12.3 Å². The average Bonchev–Trinajstić information content (AvgIpc) is 2.60. The van der Waals surface area contributed by atoms with Crippen molar-refractivity contribution < 1.29 is 9.63 Å². The second-order valence-electron chi connectivity index (χ2n) is 2.20. The van der Waals surface area contributed by atoms with Crippen molar-refractivity contribution in [3.8, 4) is 0 Å². The van der Waals surface area contributed by atoms with Gasteiger partial charge in [0.25, 0.3) is 6.29 Å². The molecule has 0 aliphatic rings. The van der Waals surface area contributed by atoms with Crippen LogP contribution < -0.4 is 5.73 Å². The Morgan fingerprint density at radius 3 is 3.21 bits per heavy atom. The summed E-state index contributed by atoms with van der Waals surface area (Å²) in [7, 11) is 0. The van der Waals surface area contributed by atoms with Gasteiger partial charge >= 0.3 is 0 Å². The van der Waals surface area contributed by atoms with Crippen LogP contribution in [0.2, 0.25) is 0 Å². The fourth-order valence-corrected chi connectivity index (χ4v) is 1.22. The van der Waals surface area contributed by atoms with Crippen LogP contribution in [0.5, 0.6) is 0 Å². The maximum absolute atomic E-state index is 10.5. The molecule has 0 aliphatic carbocycles. The topological polar surface area (TPSA) is 77.6 Å². The monoisotopic (exact) mass is 210 g/mol. The smallest absolute Gasteiger partial charge is 0.259 e. The number of hydrogen-bond acceptors (Lipinski definition) is 6. The minimum atomic E-state index is -0.000185. The van der Waals surface area contributed by atoms with Crippen LogP contribution in [0.15, 0.2) is 23.2 Å². The van der Waals surface area contributed by atoms with Gasteiger partial charge in [-0.15, -0.1) is 11.3 Å². The highest BCUT2D eigenvalue weighted by atomic mass is 32.1. The van der Waals surface area contributed by atoms with Gasteiger partial charge in [-0.25, -0.2) is 4.98 Å². The molecule has 14 heavy (non-hydrogen) atoms. The van der Waals surface area contributed by atoms with Gasteiger partial charge in [0.2, 0.25) is 0 Å². The van der Waals surface area contributed by atoms with E-state index in [0.717, 1.165) is 0 Å². The fraction of sp³-hybridized carbons (Fsp3) is 0.125. The Morgan fingerprint density at radius 1 is 1.93 bits per heavy atom. The molecular weight excluding hydrogens is 202 g/mol. The van der Waals surface area contributed by atoms with Gasteiger partial charge in [-0.2, -0.15) is 0 Å². The van der Waals surface area contributed by atoms with E-state index >= 15 is 0 Å². The lowest BCUT2D eigenvalue weighted by atomic mass is 10.3. The Balaban J connectivity index is 2.76. The number of nitrogens with two attached hydrogens (primary N) is 1. The van der Waals surface area contributed by atoms with Gasteiger partial charge in [-0.3, -0.25) is 4.79 Å². The maximum Gasteiger partial charge on any atom is 0.259 e. The third-order valence-corrected chi connectivity index (χ3v) is 1.88. The number of carbonyl (C=O) groups excluding carboxylic acids is 1. The van der Waals surface area contributed by atoms with Crippen molar-refractivity contribution in [2.45, 2.75) is 0 Å². The molecule has 1 aromatic heterocycles. The maximum atomic E-state index is 10.5. The average molecular weight is 210 g/mol. The summed E-state index contributed by atoms with van der Waals surface area (Å²) >= 11 is 1.22. The van der Waals surface area contributed by atoms with Crippen LogP contribution >= 0.6 is 11.3 Å². The number of aromatic nitrogens is 1. The lowest BCUT2D eigenvalue weighted by Gasteiger charge is -1.93. The van der Waals surface area contributed by atoms with E-state index in [9.17, 15) is 4.79 Å². The van der Waals surface area contributed by atoms with Crippen LogP contribution in [0.25, 0.3) is 0 Å². The van der Waals surface area contributed by atoms with Gasteiger partial charge in [0.05, 0.1) is 0 Å². The molecule has 6 heteroatoms. The largest absolute Gasteiger partial charge is 0.391 e. The van der Waals surface area contributed by atoms with Crippen molar-refractivity contribution in [1.29, 1.82) is 0 Å². The SMILES string of the molecule is C=CCON=C([C]=O)c1csc(N)n1. The highest BCUT2D eigenvalue weighted by molar-refractivity contribution is 7.13. The van der Waals surface area contributed by atoms with Crippen LogP contribution in [0, 0.1) is 0 Å². The number of oxime groups is 1. The summed E-state index contributed by atoms with van der Waals surface area (Å²) in [5, 5.41) is 5.50. The molecule has 0 bridgehead atoms. The van der Waals surface area contributed by atoms with E-state index in [1.807, 2.05) is 0 Å². The first-order chi connectivity index (χ1) is 6.77. The van der Waals surface area contributed by atoms with Crippen molar-refractivity contribution in [2.24, 2.45) is 5.16 Å². The fourth-order valence-electron chi connectivity index (χ4n) is 0.669. The number of nitrogens with zero attached hydrogens (tertiary/aromatic N) is 2. The molecule has 5 nitrogen and oxygen atoms in total. The summed E-state index contributed by atoms with van der Waals surface area (Å²) in [4.78, 5) is 19.1. The molecular formula is C8H8N3O2S. The third kappa shape index (κ3) is 2.67. The predicted octanol–water partition coefficient (Wildman–Crippen LogP) is 0.742. The molecule has 73 valence electrons. The zero-order valence-corrected chi connectivity index (χ0v) is 8.08. The van der Waals surface area contributed by atoms with E-state index in [1.54, 1.807) is 11.7 Å². The summed E-state index contributed by atoms with van der Waals surface area (Å²) in [5.41, 5.74) is 5.76. The number of anilines is 1. The first-order valence-corrected chi connectivity index (χ1v) is 4.56. The number of thiazole rings is 1. The Hall–Kier alpha value is -1.69.